The number of pyridine rings is 1. The van der Waals surface area contributed by atoms with E-state index in [2.05, 4.69) is 23.3 Å². The van der Waals surface area contributed by atoms with Crippen LogP contribution in [0.25, 0.3) is 0 Å². The van der Waals surface area contributed by atoms with E-state index in [4.69, 9.17) is 9.47 Å². The fourth-order valence-electron chi connectivity index (χ4n) is 1.92. The van der Waals surface area contributed by atoms with Crippen molar-refractivity contribution in [2.45, 2.75) is 20.1 Å². The summed E-state index contributed by atoms with van der Waals surface area (Å²) in [6.07, 6.45) is 1.71. The zero-order valence-electron chi connectivity index (χ0n) is 11.9. The Morgan fingerprint density at radius 1 is 1.10 bits per heavy atom. The van der Waals surface area contributed by atoms with Crippen LogP contribution in [0.3, 0.4) is 0 Å². The van der Waals surface area contributed by atoms with Crippen LogP contribution in [0, 0.1) is 0 Å². The Balaban J connectivity index is 2.06. The third-order valence-corrected chi connectivity index (χ3v) is 2.96. The molecule has 0 aliphatic rings. The molecule has 4 nitrogen and oxygen atoms in total. The van der Waals surface area contributed by atoms with E-state index in [-0.39, 0.29) is 0 Å². The van der Waals surface area contributed by atoms with Gasteiger partial charge in [-0.2, -0.15) is 0 Å². The summed E-state index contributed by atoms with van der Waals surface area (Å²) < 4.78 is 11.1. The summed E-state index contributed by atoms with van der Waals surface area (Å²) in [5.41, 5.74) is 2.09. The molecule has 0 atom stereocenters. The van der Waals surface area contributed by atoms with Gasteiger partial charge in [-0.05, 0) is 24.7 Å². The molecule has 0 bridgehead atoms. The molecule has 1 aromatic heterocycles. The van der Waals surface area contributed by atoms with Crippen molar-refractivity contribution in [2.24, 2.45) is 0 Å². The van der Waals surface area contributed by atoms with Crippen molar-refractivity contribution in [1.82, 2.24) is 10.3 Å². The molecule has 2 rings (SSSR count). The molecule has 1 N–H and O–H groups in total. The maximum Gasteiger partial charge on any atom is 0.219 e. The van der Waals surface area contributed by atoms with Gasteiger partial charge in [0, 0.05) is 18.3 Å². The summed E-state index contributed by atoms with van der Waals surface area (Å²) in [7, 11) is 1.62. The van der Waals surface area contributed by atoms with Gasteiger partial charge in [0.2, 0.25) is 5.88 Å². The number of nitrogens with zero attached hydrogens (tertiary/aromatic N) is 1. The highest BCUT2D eigenvalue weighted by atomic mass is 16.5. The Kier molecular flexibility index (Phi) is 5.38. The maximum atomic E-state index is 5.90. The Morgan fingerprint density at radius 2 is 1.90 bits per heavy atom. The summed E-state index contributed by atoms with van der Waals surface area (Å²) in [5, 5.41) is 3.31. The molecule has 106 valence electrons. The van der Waals surface area contributed by atoms with Crippen LogP contribution in [0.5, 0.6) is 11.6 Å². The number of methoxy groups -OCH3 is 1. The quantitative estimate of drug-likeness (QED) is 0.841. The molecular formula is C16H20N2O2. The van der Waals surface area contributed by atoms with E-state index >= 15 is 0 Å². The highest BCUT2D eigenvalue weighted by molar-refractivity contribution is 5.34. The molecule has 0 unspecified atom stereocenters. The number of rotatable bonds is 7. The molecule has 0 saturated heterocycles. The van der Waals surface area contributed by atoms with Gasteiger partial charge in [0.15, 0.2) is 0 Å². The first-order valence-corrected chi connectivity index (χ1v) is 6.74. The van der Waals surface area contributed by atoms with Gasteiger partial charge < -0.3 is 14.8 Å². The molecule has 0 radical (unpaired) electrons. The van der Waals surface area contributed by atoms with E-state index in [9.17, 15) is 0 Å². The van der Waals surface area contributed by atoms with Gasteiger partial charge in [0.1, 0.15) is 12.4 Å². The second-order valence-corrected chi connectivity index (χ2v) is 4.35. The van der Waals surface area contributed by atoms with E-state index in [1.165, 1.54) is 0 Å². The Morgan fingerprint density at radius 3 is 2.70 bits per heavy atom. The minimum Gasteiger partial charge on any atom is -0.488 e. The van der Waals surface area contributed by atoms with E-state index < -0.39 is 0 Å². The second kappa shape index (κ2) is 7.50. The first-order valence-electron chi connectivity index (χ1n) is 6.74. The predicted molar refractivity (Wildman–Crippen MR) is 78.9 cm³/mol. The van der Waals surface area contributed by atoms with Gasteiger partial charge in [0.25, 0.3) is 0 Å². The van der Waals surface area contributed by atoms with E-state index in [0.717, 1.165) is 30.0 Å². The molecule has 0 aliphatic heterocycles. The standard InChI is InChI=1S/C16H20N2O2/c1-3-17-11-13-7-4-5-9-15(13)20-12-14-8-6-10-18-16(14)19-2/h4-10,17H,3,11-12H2,1-2H3. The lowest BCUT2D eigenvalue weighted by Gasteiger charge is -2.13. The fourth-order valence-corrected chi connectivity index (χ4v) is 1.92. The van der Waals surface area contributed by atoms with Crippen LogP contribution in [-0.2, 0) is 13.2 Å². The maximum absolute atomic E-state index is 5.90. The van der Waals surface area contributed by atoms with Gasteiger partial charge in [0.05, 0.1) is 12.7 Å². The van der Waals surface area contributed by atoms with Gasteiger partial charge in [-0.15, -0.1) is 0 Å². The molecule has 1 aromatic carbocycles. The van der Waals surface area contributed by atoms with Crippen molar-refractivity contribution in [1.29, 1.82) is 0 Å². The smallest absolute Gasteiger partial charge is 0.219 e. The molecule has 4 heteroatoms. The Bertz CT molecular complexity index is 544. The van der Waals surface area contributed by atoms with Gasteiger partial charge >= 0.3 is 0 Å². The normalized spacial score (nSPS) is 10.3. The Hall–Kier alpha value is -2.07. The van der Waals surface area contributed by atoms with Crippen LogP contribution in [0.2, 0.25) is 0 Å². The van der Waals surface area contributed by atoms with Gasteiger partial charge in [-0.1, -0.05) is 25.1 Å². The average molecular weight is 272 g/mol. The zero-order chi connectivity index (χ0) is 14.2. The number of ether oxygens (including phenoxy) is 2. The molecule has 0 saturated carbocycles. The Labute approximate surface area is 119 Å². The number of aromatic nitrogens is 1. The summed E-state index contributed by atoms with van der Waals surface area (Å²) >= 11 is 0. The summed E-state index contributed by atoms with van der Waals surface area (Å²) in [4.78, 5) is 4.17. The predicted octanol–water partition coefficient (Wildman–Crippen LogP) is 2.78. The largest absolute Gasteiger partial charge is 0.488 e. The molecule has 0 spiro atoms. The molecule has 0 amide bonds. The number of nitrogens with one attached hydrogen (secondary N) is 1. The van der Waals surface area contributed by atoms with Crippen molar-refractivity contribution < 1.29 is 9.47 Å². The lowest BCUT2D eigenvalue weighted by Crippen LogP contribution is -2.13. The molecule has 2 aromatic rings. The molecule has 0 aliphatic carbocycles. The topological polar surface area (TPSA) is 43.4 Å². The van der Waals surface area contributed by atoms with Crippen LogP contribution < -0.4 is 14.8 Å². The van der Waals surface area contributed by atoms with Crippen LogP contribution >= 0.6 is 0 Å². The minimum absolute atomic E-state index is 0.445. The number of benzene rings is 1. The zero-order valence-corrected chi connectivity index (χ0v) is 11.9. The third-order valence-electron chi connectivity index (χ3n) is 2.96. The third kappa shape index (κ3) is 3.71. The van der Waals surface area contributed by atoms with E-state index in [1.54, 1.807) is 13.3 Å². The van der Waals surface area contributed by atoms with Gasteiger partial charge in [-0.3, -0.25) is 0 Å². The lowest BCUT2D eigenvalue weighted by atomic mass is 10.2. The SMILES string of the molecule is CCNCc1ccccc1OCc1cccnc1OC. The first-order chi connectivity index (χ1) is 9.85. The summed E-state index contributed by atoms with van der Waals surface area (Å²) in [5.74, 6) is 1.50. The number of hydrogen-bond donors (Lipinski definition) is 1. The van der Waals surface area contributed by atoms with Crippen LogP contribution in [-0.4, -0.2) is 18.6 Å². The number of hydrogen-bond acceptors (Lipinski definition) is 4. The van der Waals surface area contributed by atoms with Crippen molar-refractivity contribution in [2.75, 3.05) is 13.7 Å². The summed E-state index contributed by atoms with van der Waals surface area (Å²) in [6, 6.07) is 11.9. The first kappa shape index (κ1) is 14.3. The molecule has 20 heavy (non-hydrogen) atoms. The van der Waals surface area contributed by atoms with Crippen LogP contribution in [0.1, 0.15) is 18.1 Å². The monoisotopic (exact) mass is 272 g/mol. The lowest BCUT2D eigenvalue weighted by molar-refractivity contribution is 0.290. The van der Waals surface area contributed by atoms with Gasteiger partial charge in [-0.25, -0.2) is 4.98 Å². The molecule has 1 heterocycles. The van der Waals surface area contributed by atoms with Crippen molar-refractivity contribution >= 4 is 0 Å². The van der Waals surface area contributed by atoms with E-state index in [1.807, 2.05) is 30.3 Å². The van der Waals surface area contributed by atoms with Crippen molar-refractivity contribution in [3.63, 3.8) is 0 Å². The highest BCUT2D eigenvalue weighted by Crippen LogP contribution is 2.21. The van der Waals surface area contributed by atoms with Crippen molar-refractivity contribution in [3.05, 3.63) is 53.7 Å². The average Bonchev–Trinajstić information content (AvgIpc) is 2.52. The van der Waals surface area contributed by atoms with E-state index in [0.29, 0.717) is 12.5 Å². The second-order valence-electron chi connectivity index (χ2n) is 4.35. The van der Waals surface area contributed by atoms with Crippen LogP contribution in [0.15, 0.2) is 42.6 Å². The van der Waals surface area contributed by atoms with Crippen LogP contribution in [0.4, 0.5) is 0 Å². The highest BCUT2D eigenvalue weighted by Gasteiger charge is 2.06. The molecule has 0 fully saturated rings. The summed E-state index contributed by atoms with van der Waals surface area (Å²) in [6.45, 7) is 4.27. The number of para-hydroxylation sites is 1. The van der Waals surface area contributed by atoms with Crippen molar-refractivity contribution in [3.8, 4) is 11.6 Å². The fraction of sp³-hybridized carbons (Fsp3) is 0.312. The molecular weight excluding hydrogens is 252 g/mol. The minimum atomic E-state index is 0.445.